The molecule has 6 heteroatoms. The number of allylic oxidation sites excluding steroid dienone is 1. The molecule has 0 amide bonds. The van der Waals surface area contributed by atoms with Gasteiger partial charge in [-0.3, -0.25) is 0 Å². The fraction of sp³-hybridized carbons (Fsp3) is 0.385. The van der Waals surface area contributed by atoms with Gasteiger partial charge in [0.1, 0.15) is 4.91 Å². The van der Waals surface area contributed by atoms with E-state index in [1.54, 1.807) is 48.5 Å². The summed E-state index contributed by atoms with van der Waals surface area (Å²) in [6, 6.07) is 13.2. The van der Waals surface area contributed by atoms with E-state index in [4.69, 9.17) is 0 Å². The Hall–Kier alpha value is -2.36. The van der Waals surface area contributed by atoms with Crippen LogP contribution in [0.1, 0.15) is 57.1 Å². The maximum atomic E-state index is 13.6. The molecule has 0 atom stereocenters. The highest BCUT2D eigenvalue weighted by atomic mass is 32.2. The van der Waals surface area contributed by atoms with Gasteiger partial charge in [-0.1, -0.05) is 67.5 Å². The minimum atomic E-state index is -3.95. The number of benzene rings is 2. The van der Waals surface area contributed by atoms with Crippen molar-refractivity contribution in [1.29, 1.82) is 0 Å². The average molecular weight is 473 g/mol. The summed E-state index contributed by atoms with van der Waals surface area (Å²) in [6.07, 6.45) is 3.19. The fourth-order valence-corrected chi connectivity index (χ4v) is 6.20. The van der Waals surface area contributed by atoms with Crippen molar-refractivity contribution in [1.82, 2.24) is 0 Å². The summed E-state index contributed by atoms with van der Waals surface area (Å²) in [5, 5.41) is 0. The van der Waals surface area contributed by atoms with Gasteiger partial charge in [-0.25, -0.2) is 16.8 Å². The number of unbranched alkanes of at least 4 members (excludes halogenated alkanes) is 2. The van der Waals surface area contributed by atoms with Crippen LogP contribution in [0.3, 0.4) is 0 Å². The standard InChI is InChI=1S/C26H32O4S2/c1-5-7-9-11-26(32(29,30)25-18-14-22(4)15-19-25)23(10-8-6-2)20-31(27,28)24-16-12-21(3)13-17-24/h12-19H,5-8,10,20H2,1-4H3/b26-23+. The predicted octanol–water partition coefficient (Wildman–Crippen LogP) is 5.80. The Kier molecular flexibility index (Phi) is 9.30. The molecular weight excluding hydrogens is 440 g/mol. The van der Waals surface area contributed by atoms with Gasteiger partial charge in [0.15, 0.2) is 9.84 Å². The van der Waals surface area contributed by atoms with Gasteiger partial charge >= 0.3 is 0 Å². The minimum Gasteiger partial charge on any atom is -0.223 e. The summed E-state index contributed by atoms with van der Waals surface area (Å²) in [6.45, 7) is 7.73. The van der Waals surface area contributed by atoms with Crippen molar-refractivity contribution >= 4 is 19.7 Å². The molecule has 4 nitrogen and oxygen atoms in total. The van der Waals surface area contributed by atoms with Crippen LogP contribution in [-0.4, -0.2) is 22.6 Å². The molecule has 0 heterocycles. The van der Waals surface area contributed by atoms with Crippen LogP contribution < -0.4 is 0 Å². The van der Waals surface area contributed by atoms with E-state index in [0.717, 1.165) is 24.0 Å². The zero-order valence-electron chi connectivity index (χ0n) is 19.3. The molecular formula is C26H32O4S2. The molecule has 0 saturated carbocycles. The lowest BCUT2D eigenvalue weighted by atomic mass is 10.1. The Labute approximate surface area is 193 Å². The maximum absolute atomic E-state index is 13.6. The molecule has 0 spiro atoms. The van der Waals surface area contributed by atoms with Gasteiger partial charge in [0.05, 0.1) is 15.5 Å². The van der Waals surface area contributed by atoms with E-state index in [2.05, 4.69) is 11.8 Å². The average Bonchev–Trinajstić information content (AvgIpc) is 2.75. The second-order valence-electron chi connectivity index (χ2n) is 7.98. The van der Waals surface area contributed by atoms with Crippen molar-refractivity contribution in [2.45, 2.75) is 69.6 Å². The lowest BCUT2D eigenvalue weighted by molar-refractivity contribution is 0.596. The number of sulfone groups is 2. The molecule has 0 N–H and O–H groups in total. The van der Waals surface area contributed by atoms with Crippen LogP contribution in [0.2, 0.25) is 0 Å². The quantitative estimate of drug-likeness (QED) is 0.433. The van der Waals surface area contributed by atoms with E-state index in [1.165, 1.54) is 0 Å². The Balaban J connectivity index is 2.67. The first-order valence-corrected chi connectivity index (χ1v) is 14.1. The van der Waals surface area contributed by atoms with E-state index in [1.807, 2.05) is 27.7 Å². The normalized spacial score (nSPS) is 12.6. The molecule has 2 rings (SSSR count). The molecule has 2 aromatic carbocycles. The Morgan fingerprint density at radius 2 is 1.31 bits per heavy atom. The number of rotatable bonds is 9. The second kappa shape index (κ2) is 11.5. The first-order valence-electron chi connectivity index (χ1n) is 10.9. The summed E-state index contributed by atoms with van der Waals surface area (Å²) >= 11 is 0. The van der Waals surface area contributed by atoms with Crippen LogP contribution in [0.25, 0.3) is 0 Å². The van der Waals surface area contributed by atoms with Gasteiger partial charge in [-0.15, -0.1) is 0 Å². The van der Waals surface area contributed by atoms with Gasteiger partial charge in [0.2, 0.25) is 9.84 Å². The zero-order chi connectivity index (χ0) is 23.8. The molecule has 0 aliphatic carbocycles. The van der Waals surface area contributed by atoms with Gasteiger partial charge < -0.3 is 0 Å². The molecule has 0 radical (unpaired) electrons. The van der Waals surface area contributed by atoms with E-state index >= 15 is 0 Å². The predicted molar refractivity (Wildman–Crippen MR) is 131 cm³/mol. The highest BCUT2D eigenvalue weighted by molar-refractivity contribution is 7.95. The summed E-state index contributed by atoms with van der Waals surface area (Å²) in [7, 11) is -7.67. The van der Waals surface area contributed by atoms with Crippen molar-refractivity contribution in [2.75, 3.05) is 5.75 Å². The van der Waals surface area contributed by atoms with E-state index < -0.39 is 19.7 Å². The van der Waals surface area contributed by atoms with Crippen molar-refractivity contribution in [3.8, 4) is 11.8 Å². The first-order chi connectivity index (χ1) is 15.1. The molecule has 32 heavy (non-hydrogen) atoms. The van der Waals surface area contributed by atoms with Crippen LogP contribution in [0, 0.1) is 25.7 Å². The maximum Gasteiger partial charge on any atom is 0.214 e. The largest absolute Gasteiger partial charge is 0.223 e. The third-order valence-electron chi connectivity index (χ3n) is 5.07. The number of aryl methyl sites for hydroxylation is 2. The molecule has 0 bridgehead atoms. The van der Waals surface area contributed by atoms with Crippen molar-refractivity contribution in [3.05, 3.63) is 70.1 Å². The molecule has 0 saturated heterocycles. The topological polar surface area (TPSA) is 68.3 Å². The van der Waals surface area contributed by atoms with Crippen LogP contribution >= 0.6 is 0 Å². The van der Waals surface area contributed by atoms with Crippen LogP contribution in [-0.2, 0) is 19.7 Å². The lowest BCUT2D eigenvalue weighted by Crippen LogP contribution is -2.15. The highest BCUT2D eigenvalue weighted by Gasteiger charge is 2.27. The van der Waals surface area contributed by atoms with Crippen molar-refractivity contribution < 1.29 is 16.8 Å². The molecule has 0 aromatic heterocycles. The lowest BCUT2D eigenvalue weighted by Gasteiger charge is -2.14. The van der Waals surface area contributed by atoms with Gasteiger partial charge in [0.25, 0.3) is 0 Å². The molecule has 0 aliphatic heterocycles. The number of hydrogen-bond donors (Lipinski definition) is 0. The van der Waals surface area contributed by atoms with E-state index in [-0.39, 0.29) is 20.4 Å². The molecule has 0 aliphatic rings. The van der Waals surface area contributed by atoms with E-state index in [9.17, 15) is 16.8 Å². The molecule has 2 aromatic rings. The number of hydrogen-bond acceptors (Lipinski definition) is 4. The third kappa shape index (κ3) is 6.82. The monoisotopic (exact) mass is 472 g/mol. The molecule has 0 unspecified atom stereocenters. The van der Waals surface area contributed by atoms with Crippen molar-refractivity contribution in [3.63, 3.8) is 0 Å². The highest BCUT2D eigenvalue weighted by Crippen LogP contribution is 2.27. The summed E-state index contributed by atoms with van der Waals surface area (Å²) in [5.41, 5.74) is 2.26. The van der Waals surface area contributed by atoms with Crippen LogP contribution in [0.4, 0.5) is 0 Å². The Morgan fingerprint density at radius 3 is 1.81 bits per heavy atom. The van der Waals surface area contributed by atoms with E-state index in [0.29, 0.717) is 24.8 Å². The van der Waals surface area contributed by atoms with Crippen molar-refractivity contribution in [2.24, 2.45) is 0 Å². The summed E-state index contributed by atoms with van der Waals surface area (Å²) in [4.78, 5) is 0.246. The van der Waals surface area contributed by atoms with Crippen LogP contribution in [0.5, 0.6) is 0 Å². The smallest absolute Gasteiger partial charge is 0.214 e. The first kappa shape index (κ1) is 25.9. The van der Waals surface area contributed by atoms with Gasteiger partial charge in [-0.2, -0.15) is 0 Å². The fourth-order valence-electron chi connectivity index (χ4n) is 3.15. The Morgan fingerprint density at radius 1 is 0.781 bits per heavy atom. The SMILES string of the molecule is CCCC#C/C(=C(/CCCC)CS(=O)(=O)c1ccc(C)cc1)S(=O)(=O)c1ccc(C)cc1. The van der Waals surface area contributed by atoms with Gasteiger partial charge in [-0.05, 0) is 62.9 Å². The zero-order valence-corrected chi connectivity index (χ0v) is 20.9. The molecule has 172 valence electrons. The molecule has 0 fully saturated rings. The Bertz CT molecular complexity index is 1210. The third-order valence-corrected chi connectivity index (χ3v) is 8.61. The summed E-state index contributed by atoms with van der Waals surface area (Å²) < 4.78 is 53.5. The summed E-state index contributed by atoms with van der Waals surface area (Å²) in [5.74, 6) is 5.41. The van der Waals surface area contributed by atoms with Gasteiger partial charge in [0, 0.05) is 6.42 Å². The second-order valence-corrected chi connectivity index (χ2v) is 11.9. The minimum absolute atomic E-state index is 0.0704. The van der Waals surface area contributed by atoms with Crippen LogP contribution in [0.15, 0.2) is 68.8 Å².